The number of nitrogens with zero attached hydrogens (tertiary/aromatic N) is 6. The molecule has 2 saturated heterocycles. The van der Waals surface area contributed by atoms with Crippen molar-refractivity contribution in [3.63, 3.8) is 0 Å². The van der Waals surface area contributed by atoms with E-state index in [1.807, 2.05) is 37.9 Å². The van der Waals surface area contributed by atoms with Crippen LogP contribution in [0.2, 0.25) is 5.02 Å². The number of aromatic nitrogens is 3. The Bertz CT molecular complexity index is 1390. The Kier molecular flexibility index (Phi) is 8.90. The van der Waals surface area contributed by atoms with E-state index >= 15 is 0 Å². The summed E-state index contributed by atoms with van der Waals surface area (Å²) < 4.78 is 16.5. The average Bonchev–Trinajstić information content (AvgIpc) is 3.56. The van der Waals surface area contributed by atoms with Gasteiger partial charge >= 0.3 is 0 Å². The highest BCUT2D eigenvalue weighted by Gasteiger charge is 2.32. The maximum atomic E-state index is 13.7. The fourth-order valence-electron chi connectivity index (χ4n) is 5.13. The summed E-state index contributed by atoms with van der Waals surface area (Å²) in [5.41, 5.74) is 3.39. The molecule has 9 nitrogen and oxygen atoms in total. The second-order valence-electron chi connectivity index (χ2n) is 9.44. The number of benzene rings is 1. The number of carbonyl (C=O) groups is 1. The Morgan fingerprint density at radius 2 is 2.00 bits per heavy atom. The number of nitrogens with one attached hydrogen (secondary N) is 1. The molecule has 0 aliphatic carbocycles. The van der Waals surface area contributed by atoms with E-state index in [0.29, 0.717) is 29.4 Å². The first kappa shape index (κ1) is 27.9. The highest BCUT2D eigenvalue weighted by atomic mass is 35.5. The van der Waals surface area contributed by atoms with E-state index in [1.165, 1.54) is 6.26 Å². The van der Waals surface area contributed by atoms with Crippen molar-refractivity contribution in [3.05, 3.63) is 52.3 Å². The van der Waals surface area contributed by atoms with Gasteiger partial charge in [0.2, 0.25) is 0 Å². The summed E-state index contributed by atoms with van der Waals surface area (Å²) in [4.78, 5) is 22.6. The largest absolute Gasteiger partial charge is 0.355 e. The third-order valence-electron chi connectivity index (χ3n) is 6.87. The number of nitriles is 1. The lowest BCUT2D eigenvalue weighted by Crippen LogP contribution is -2.39. The minimum absolute atomic E-state index is 0.0284. The molecule has 4 heterocycles. The van der Waals surface area contributed by atoms with Crippen LogP contribution in [-0.4, -0.2) is 55.5 Å². The maximum absolute atomic E-state index is 13.7. The van der Waals surface area contributed by atoms with Gasteiger partial charge in [0, 0.05) is 48.7 Å². The first-order valence-electron chi connectivity index (χ1n) is 13.1. The molecule has 1 aromatic carbocycles. The SMILES string of the molecule is CC.Cc1cn2nc(C3CCCCN3C(=O)c3cc(Cl)ccc3NS(C)=O)cc2nc1N1CCC(C#N)C1. The van der Waals surface area contributed by atoms with Crippen LogP contribution in [0.1, 0.15) is 67.2 Å². The number of amides is 1. The summed E-state index contributed by atoms with van der Waals surface area (Å²) in [6, 6.07) is 9.09. The van der Waals surface area contributed by atoms with Gasteiger partial charge in [-0.2, -0.15) is 10.4 Å². The number of carbonyl (C=O) groups excluding carboxylic acids is 1. The van der Waals surface area contributed by atoms with Gasteiger partial charge in [-0.05, 0) is 50.8 Å². The van der Waals surface area contributed by atoms with Gasteiger partial charge in [0.25, 0.3) is 5.91 Å². The van der Waals surface area contributed by atoms with E-state index in [-0.39, 0.29) is 17.9 Å². The molecule has 5 rings (SSSR count). The van der Waals surface area contributed by atoms with Crippen LogP contribution in [0.3, 0.4) is 0 Å². The number of fused-ring (bicyclic) bond motifs is 1. The molecular formula is C27H34ClN7O2S. The molecule has 2 aliphatic rings. The smallest absolute Gasteiger partial charge is 0.256 e. The summed E-state index contributed by atoms with van der Waals surface area (Å²) in [5.74, 6) is 0.739. The lowest BCUT2D eigenvalue weighted by atomic mass is 9.98. The van der Waals surface area contributed by atoms with E-state index in [9.17, 15) is 14.3 Å². The number of likely N-dealkylation sites (tertiary alicyclic amines) is 1. The molecule has 2 fully saturated rings. The number of piperidine rings is 1. The van der Waals surface area contributed by atoms with Gasteiger partial charge in [-0.25, -0.2) is 13.7 Å². The molecule has 3 atom stereocenters. The van der Waals surface area contributed by atoms with E-state index in [2.05, 4.69) is 15.7 Å². The van der Waals surface area contributed by atoms with E-state index in [4.69, 9.17) is 21.7 Å². The number of halogens is 1. The molecular weight excluding hydrogens is 522 g/mol. The lowest BCUT2D eigenvalue weighted by molar-refractivity contribution is 0.0607. The minimum Gasteiger partial charge on any atom is -0.355 e. The standard InChI is InChI=1S/C25H28ClN7O2S.C2H6/c1-16-14-33-23(28-24(16)31-10-8-17(13-27)15-31)12-21(29-33)22-5-3-4-9-32(22)25(34)19-11-18(26)6-7-20(19)30-36(2)35;1-2/h6-7,11-12,14,17,22,30H,3-5,8-10,15H2,1-2H3;1-2H3. The summed E-state index contributed by atoms with van der Waals surface area (Å²) in [5, 5.41) is 14.5. The molecule has 0 radical (unpaired) electrons. The fourth-order valence-corrected chi connectivity index (χ4v) is 5.79. The van der Waals surface area contributed by atoms with Crippen LogP contribution < -0.4 is 9.62 Å². The Morgan fingerprint density at radius 3 is 2.71 bits per heavy atom. The van der Waals surface area contributed by atoms with Crippen molar-refractivity contribution in [1.29, 1.82) is 5.26 Å². The molecule has 1 N–H and O–H groups in total. The summed E-state index contributed by atoms with van der Waals surface area (Å²) in [6.45, 7) is 8.10. The average molecular weight is 556 g/mol. The number of hydrogen-bond acceptors (Lipinski definition) is 6. The Morgan fingerprint density at radius 1 is 1.21 bits per heavy atom. The van der Waals surface area contributed by atoms with Crippen molar-refractivity contribution in [3.8, 4) is 6.07 Å². The second-order valence-corrected chi connectivity index (χ2v) is 11.0. The van der Waals surface area contributed by atoms with Crippen molar-refractivity contribution >= 4 is 45.6 Å². The third-order valence-corrected chi connectivity index (χ3v) is 7.61. The molecule has 0 spiro atoms. The van der Waals surface area contributed by atoms with Crippen molar-refractivity contribution in [2.45, 2.75) is 52.5 Å². The fraction of sp³-hybridized carbons (Fsp3) is 0.481. The molecule has 3 aromatic rings. The number of anilines is 2. The molecule has 0 bridgehead atoms. The molecule has 202 valence electrons. The van der Waals surface area contributed by atoms with Gasteiger partial charge in [-0.3, -0.25) is 4.79 Å². The molecule has 2 aliphatic heterocycles. The summed E-state index contributed by atoms with van der Waals surface area (Å²) in [6.07, 6.45) is 7.01. The van der Waals surface area contributed by atoms with Crippen molar-refractivity contribution in [1.82, 2.24) is 19.5 Å². The van der Waals surface area contributed by atoms with Crippen LogP contribution in [-0.2, 0) is 11.0 Å². The zero-order valence-corrected chi connectivity index (χ0v) is 23.8. The normalized spacial score (nSPS) is 20.0. The van der Waals surface area contributed by atoms with Gasteiger partial charge in [-0.15, -0.1) is 0 Å². The molecule has 0 saturated carbocycles. The van der Waals surface area contributed by atoms with Crippen LogP contribution in [0, 0.1) is 24.2 Å². The van der Waals surface area contributed by atoms with Crippen LogP contribution in [0.4, 0.5) is 11.5 Å². The van der Waals surface area contributed by atoms with Crippen molar-refractivity contribution in [2.24, 2.45) is 5.92 Å². The van der Waals surface area contributed by atoms with E-state index in [1.54, 1.807) is 22.7 Å². The topological polar surface area (TPSA) is 107 Å². The van der Waals surface area contributed by atoms with Gasteiger partial charge in [0.15, 0.2) is 5.65 Å². The Hall–Kier alpha value is -3.16. The molecule has 38 heavy (non-hydrogen) atoms. The monoisotopic (exact) mass is 555 g/mol. The number of hydrogen-bond donors (Lipinski definition) is 1. The van der Waals surface area contributed by atoms with Crippen LogP contribution >= 0.6 is 11.6 Å². The minimum atomic E-state index is -1.33. The maximum Gasteiger partial charge on any atom is 0.256 e. The van der Waals surface area contributed by atoms with Gasteiger partial charge < -0.3 is 14.5 Å². The predicted octanol–water partition coefficient (Wildman–Crippen LogP) is 5.14. The van der Waals surface area contributed by atoms with Crippen LogP contribution in [0.15, 0.2) is 30.5 Å². The Labute approximate surface area is 231 Å². The van der Waals surface area contributed by atoms with Gasteiger partial charge in [0.05, 0.1) is 35.0 Å². The number of rotatable bonds is 5. The predicted molar refractivity (Wildman–Crippen MR) is 152 cm³/mol. The zero-order valence-electron chi connectivity index (χ0n) is 22.3. The highest BCUT2D eigenvalue weighted by molar-refractivity contribution is 7.85. The number of aryl methyl sites for hydroxylation is 1. The zero-order chi connectivity index (χ0) is 27.4. The van der Waals surface area contributed by atoms with E-state index in [0.717, 1.165) is 55.0 Å². The Balaban J connectivity index is 0.00000164. The third kappa shape index (κ3) is 5.79. The van der Waals surface area contributed by atoms with Crippen molar-refractivity contribution in [2.75, 3.05) is 35.5 Å². The van der Waals surface area contributed by atoms with Crippen LogP contribution in [0.5, 0.6) is 0 Å². The van der Waals surface area contributed by atoms with Crippen LogP contribution in [0.25, 0.3) is 5.65 Å². The summed E-state index contributed by atoms with van der Waals surface area (Å²) in [7, 11) is -1.33. The van der Waals surface area contributed by atoms with Gasteiger partial charge in [0.1, 0.15) is 16.8 Å². The van der Waals surface area contributed by atoms with Gasteiger partial charge in [-0.1, -0.05) is 25.4 Å². The first-order chi connectivity index (χ1) is 18.3. The molecule has 2 aromatic heterocycles. The molecule has 11 heteroatoms. The van der Waals surface area contributed by atoms with Crippen molar-refractivity contribution < 1.29 is 9.00 Å². The summed E-state index contributed by atoms with van der Waals surface area (Å²) >= 11 is 6.22. The second kappa shape index (κ2) is 12.1. The molecule has 3 unspecified atom stereocenters. The lowest BCUT2D eigenvalue weighted by Gasteiger charge is -2.35. The quantitative estimate of drug-likeness (QED) is 0.467. The first-order valence-corrected chi connectivity index (χ1v) is 15.0. The van der Waals surface area contributed by atoms with E-state index < -0.39 is 11.0 Å². The molecule has 1 amide bonds. The highest BCUT2D eigenvalue weighted by Crippen LogP contribution is 2.34.